The molecular formula is C14H9BrClFO2S. The molecule has 1 N–H and O–H groups in total. The number of halogens is 3. The number of carbonyl (C=O) groups is 1. The topological polar surface area (TPSA) is 37.3 Å². The van der Waals surface area contributed by atoms with Crippen molar-refractivity contribution in [1.29, 1.82) is 0 Å². The maximum atomic E-state index is 13.2. The van der Waals surface area contributed by atoms with Gasteiger partial charge in [-0.05, 0) is 42.0 Å². The molecule has 104 valence electrons. The Kier molecular flexibility index (Phi) is 5.07. The van der Waals surface area contributed by atoms with Crippen LogP contribution in [0.25, 0.3) is 0 Å². The first-order valence-corrected chi connectivity index (χ1v) is 7.72. The molecule has 0 spiro atoms. The minimum absolute atomic E-state index is 0.214. The molecule has 0 unspecified atom stereocenters. The second kappa shape index (κ2) is 6.61. The molecule has 0 aliphatic heterocycles. The van der Waals surface area contributed by atoms with Crippen LogP contribution >= 0.6 is 39.3 Å². The third kappa shape index (κ3) is 3.75. The van der Waals surface area contributed by atoms with Crippen LogP contribution in [0, 0.1) is 5.82 Å². The van der Waals surface area contributed by atoms with Gasteiger partial charge in [0.2, 0.25) is 0 Å². The van der Waals surface area contributed by atoms with Crippen molar-refractivity contribution in [2.24, 2.45) is 0 Å². The molecule has 20 heavy (non-hydrogen) atoms. The van der Waals surface area contributed by atoms with Gasteiger partial charge in [-0.1, -0.05) is 27.5 Å². The van der Waals surface area contributed by atoms with E-state index in [0.29, 0.717) is 21.2 Å². The lowest BCUT2D eigenvalue weighted by Gasteiger charge is -2.08. The number of aromatic carboxylic acids is 1. The highest BCUT2D eigenvalue weighted by atomic mass is 79.9. The second-order valence-corrected chi connectivity index (χ2v) is 6.31. The van der Waals surface area contributed by atoms with Crippen LogP contribution < -0.4 is 0 Å². The summed E-state index contributed by atoms with van der Waals surface area (Å²) in [5.74, 6) is -0.962. The monoisotopic (exact) mass is 374 g/mol. The van der Waals surface area contributed by atoms with Gasteiger partial charge in [0, 0.05) is 20.1 Å². The Bertz CT molecular complexity index is 664. The molecule has 0 heterocycles. The van der Waals surface area contributed by atoms with Crippen LogP contribution in [0.1, 0.15) is 15.9 Å². The van der Waals surface area contributed by atoms with Gasteiger partial charge in [-0.25, -0.2) is 9.18 Å². The fourth-order valence-electron chi connectivity index (χ4n) is 1.60. The molecule has 0 aromatic heterocycles. The van der Waals surface area contributed by atoms with Crippen LogP contribution in [0.3, 0.4) is 0 Å². The summed E-state index contributed by atoms with van der Waals surface area (Å²) in [7, 11) is 0. The Labute approximate surface area is 133 Å². The molecule has 0 saturated heterocycles. The van der Waals surface area contributed by atoms with Gasteiger partial charge in [-0.2, -0.15) is 0 Å². The summed E-state index contributed by atoms with van der Waals surface area (Å²) >= 11 is 10.6. The van der Waals surface area contributed by atoms with E-state index in [1.165, 1.54) is 36.0 Å². The summed E-state index contributed by atoms with van der Waals surface area (Å²) in [6.45, 7) is 0. The minimum atomic E-state index is -0.995. The lowest BCUT2D eigenvalue weighted by molar-refractivity contribution is 0.0693. The van der Waals surface area contributed by atoms with E-state index >= 15 is 0 Å². The molecule has 2 aromatic carbocycles. The van der Waals surface area contributed by atoms with Crippen LogP contribution in [0.5, 0.6) is 0 Å². The maximum absolute atomic E-state index is 13.2. The van der Waals surface area contributed by atoms with Gasteiger partial charge in [0.25, 0.3) is 0 Å². The highest BCUT2D eigenvalue weighted by molar-refractivity contribution is 9.10. The largest absolute Gasteiger partial charge is 0.478 e. The summed E-state index contributed by atoms with van der Waals surface area (Å²) in [5.41, 5.74) is 0.846. The molecule has 0 fully saturated rings. The predicted molar refractivity (Wildman–Crippen MR) is 82.1 cm³/mol. The van der Waals surface area contributed by atoms with Crippen LogP contribution in [0.2, 0.25) is 5.02 Å². The first-order chi connectivity index (χ1) is 9.47. The Morgan fingerprint density at radius 3 is 2.75 bits per heavy atom. The van der Waals surface area contributed by atoms with Gasteiger partial charge in [-0.3, -0.25) is 0 Å². The van der Waals surface area contributed by atoms with Gasteiger partial charge in [0.15, 0.2) is 0 Å². The number of carboxylic acid groups (broad SMARTS) is 1. The van der Waals surface area contributed by atoms with Crippen molar-refractivity contribution in [2.45, 2.75) is 10.6 Å². The molecular weight excluding hydrogens is 367 g/mol. The Balaban J connectivity index is 2.24. The first kappa shape index (κ1) is 15.4. The van der Waals surface area contributed by atoms with Gasteiger partial charge >= 0.3 is 5.97 Å². The summed E-state index contributed by atoms with van der Waals surface area (Å²) < 4.78 is 14.0. The van der Waals surface area contributed by atoms with E-state index in [1.54, 1.807) is 12.1 Å². The molecule has 0 radical (unpaired) electrons. The Morgan fingerprint density at radius 2 is 2.05 bits per heavy atom. The second-order valence-electron chi connectivity index (χ2n) is 3.97. The number of hydrogen-bond donors (Lipinski definition) is 1. The molecule has 2 aromatic rings. The van der Waals surface area contributed by atoms with Crippen molar-refractivity contribution < 1.29 is 14.3 Å². The molecule has 2 rings (SSSR count). The van der Waals surface area contributed by atoms with Crippen molar-refractivity contribution in [3.8, 4) is 0 Å². The third-order valence-electron chi connectivity index (χ3n) is 2.57. The normalized spacial score (nSPS) is 10.6. The number of carboxylic acids is 1. The van der Waals surface area contributed by atoms with E-state index < -0.39 is 5.97 Å². The van der Waals surface area contributed by atoms with Crippen LogP contribution in [0.4, 0.5) is 4.39 Å². The average Bonchev–Trinajstić information content (AvgIpc) is 2.39. The van der Waals surface area contributed by atoms with Crippen molar-refractivity contribution in [3.05, 3.63) is 62.8 Å². The number of hydrogen-bond acceptors (Lipinski definition) is 2. The van der Waals surface area contributed by atoms with Crippen LogP contribution in [-0.2, 0) is 5.75 Å². The molecule has 0 aliphatic rings. The van der Waals surface area contributed by atoms with Gasteiger partial charge < -0.3 is 5.11 Å². The van der Waals surface area contributed by atoms with Crippen molar-refractivity contribution in [1.82, 2.24) is 0 Å². The Morgan fingerprint density at radius 1 is 1.30 bits per heavy atom. The van der Waals surface area contributed by atoms with Gasteiger partial charge in [0.05, 0.1) is 5.56 Å². The molecule has 2 nitrogen and oxygen atoms in total. The quantitative estimate of drug-likeness (QED) is 0.743. The Hall–Kier alpha value is -1.04. The zero-order valence-electron chi connectivity index (χ0n) is 10.1. The summed E-state index contributed by atoms with van der Waals surface area (Å²) in [6, 6.07) is 9.06. The average molecular weight is 376 g/mol. The van der Waals surface area contributed by atoms with Crippen molar-refractivity contribution in [3.63, 3.8) is 0 Å². The molecule has 0 atom stereocenters. The van der Waals surface area contributed by atoms with E-state index in [9.17, 15) is 9.18 Å². The first-order valence-electron chi connectivity index (χ1n) is 5.57. The fraction of sp³-hybridized carbons (Fsp3) is 0.0714. The lowest BCUT2D eigenvalue weighted by atomic mass is 10.2. The van der Waals surface area contributed by atoms with E-state index in [1.807, 2.05) is 0 Å². The number of rotatable bonds is 4. The summed E-state index contributed by atoms with van der Waals surface area (Å²) in [4.78, 5) is 11.8. The SMILES string of the molecule is O=C(O)c1ccc(Br)cc1SCc1cc(F)ccc1Cl. The maximum Gasteiger partial charge on any atom is 0.336 e. The molecule has 0 saturated carbocycles. The number of benzene rings is 2. The van der Waals surface area contributed by atoms with Crippen molar-refractivity contribution >= 4 is 45.3 Å². The highest BCUT2D eigenvalue weighted by Gasteiger charge is 2.12. The van der Waals surface area contributed by atoms with Gasteiger partial charge in [0.1, 0.15) is 5.82 Å². The zero-order chi connectivity index (χ0) is 14.7. The summed E-state index contributed by atoms with van der Waals surface area (Å²) in [5, 5.41) is 9.60. The molecule has 0 aliphatic carbocycles. The predicted octanol–water partition coefficient (Wildman–Crippen LogP) is 5.23. The molecule has 0 amide bonds. The van der Waals surface area contributed by atoms with E-state index in [-0.39, 0.29) is 11.4 Å². The van der Waals surface area contributed by atoms with E-state index in [4.69, 9.17) is 16.7 Å². The van der Waals surface area contributed by atoms with Crippen LogP contribution in [0.15, 0.2) is 45.8 Å². The van der Waals surface area contributed by atoms with Crippen molar-refractivity contribution in [2.75, 3.05) is 0 Å². The van der Waals surface area contributed by atoms with Gasteiger partial charge in [-0.15, -0.1) is 11.8 Å². The molecule has 6 heteroatoms. The summed E-state index contributed by atoms with van der Waals surface area (Å²) in [6.07, 6.45) is 0. The van der Waals surface area contributed by atoms with Crippen LogP contribution in [-0.4, -0.2) is 11.1 Å². The zero-order valence-corrected chi connectivity index (χ0v) is 13.2. The smallest absolute Gasteiger partial charge is 0.336 e. The fourth-order valence-corrected chi connectivity index (χ4v) is 3.45. The third-order valence-corrected chi connectivity index (χ3v) is 4.53. The standard InChI is InChI=1S/C14H9BrClFO2S/c15-9-1-3-11(14(18)19)13(6-9)20-7-8-5-10(17)2-4-12(8)16/h1-6H,7H2,(H,18,19). The highest BCUT2D eigenvalue weighted by Crippen LogP contribution is 2.31. The molecule has 0 bridgehead atoms. The van der Waals surface area contributed by atoms with E-state index in [2.05, 4.69) is 15.9 Å². The minimum Gasteiger partial charge on any atom is -0.478 e. The lowest BCUT2D eigenvalue weighted by Crippen LogP contribution is -1.99. The number of thioether (sulfide) groups is 1. The van der Waals surface area contributed by atoms with E-state index in [0.717, 1.165) is 4.47 Å².